The van der Waals surface area contributed by atoms with Gasteiger partial charge in [0, 0.05) is 5.56 Å². The summed E-state index contributed by atoms with van der Waals surface area (Å²) in [5, 5.41) is 21.3. The molecule has 0 spiro atoms. The molecule has 1 fully saturated rings. The largest absolute Gasteiger partial charge is 0.508 e. The van der Waals surface area contributed by atoms with Crippen molar-refractivity contribution in [2.75, 3.05) is 0 Å². The molecule has 1 aromatic rings. The van der Waals surface area contributed by atoms with E-state index in [0.717, 1.165) is 6.42 Å². The van der Waals surface area contributed by atoms with Crippen molar-refractivity contribution in [1.29, 1.82) is 0 Å². The third-order valence-electron chi connectivity index (χ3n) is 3.65. The molecule has 1 saturated carbocycles. The lowest BCUT2D eigenvalue weighted by Gasteiger charge is -2.41. The first-order valence-electron chi connectivity index (χ1n) is 6.26. The lowest BCUT2D eigenvalue weighted by molar-refractivity contribution is -0.139. The van der Waals surface area contributed by atoms with Gasteiger partial charge in [0.15, 0.2) is 0 Å². The number of aromatic hydroxyl groups is 1. The van der Waals surface area contributed by atoms with Gasteiger partial charge in [-0.1, -0.05) is 6.07 Å². The fourth-order valence-corrected chi connectivity index (χ4v) is 2.30. The van der Waals surface area contributed by atoms with Crippen molar-refractivity contribution in [3.63, 3.8) is 0 Å². The second kappa shape index (κ2) is 4.91. The number of rotatable bonds is 4. The maximum atomic E-state index is 12.1. The van der Waals surface area contributed by atoms with E-state index in [-0.39, 0.29) is 18.1 Å². The first-order chi connectivity index (χ1) is 8.92. The summed E-state index contributed by atoms with van der Waals surface area (Å²) in [4.78, 5) is 22.9. The molecule has 1 aliphatic carbocycles. The molecule has 0 radical (unpaired) electrons. The standard InChI is InChI=1S/C14H17NO4/c1-9-3-4-10(7-11(9)16)13(19)15-14(5-2-6-14)8-12(17)18/h3-4,7,16H,2,5-6,8H2,1H3,(H,15,19)(H,17,18). The van der Waals surface area contributed by atoms with Crippen molar-refractivity contribution in [3.05, 3.63) is 29.3 Å². The van der Waals surface area contributed by atoms with Crippen molar-refractivity contribution < 1.29 is 19.8 Å². The van der Waals surface area contributed by atoms with Crippen LogP contribution < -0.4 is 5.32 Å². The zero-order chi connectivity index (χ0) is 14.0. The van der Waals surface area contributed by atoms with Gasteiger partial charge in [0.1, 0.15) is 5.75 Å². The molecule has 19 heavy (non-hydrogen) atoms. The van der Waals surface area contributed by atoms with Crippen molar-refractivity contribution in [1.82, 2.24) is 5.32 Å². The number of amides is 1. The number of hydrogen-bond acceptors (Lipinski definition) is 3. The Morgan fingerprint density at radius 1 is 1.37 bits per heavy atom. The Morgan fingerprint density at radius 3 is 2.53 bits per heavy atom. The van der Waals surface area contributed by atoms with E-state index in [2.05, 4.69) is 5.32 Å². The van der Waals surface area contributed by atoms with Crippen LogP contribution in [0, 0.1) is 6.92 Å². The Bertz CT molecular complexity index is 520. The van der Waals surface area contributed by atoms with Gasteiger partial charge in [0.05, 0.1) is 12.0 Å². The van der Waals surface area contributed by atoms with Crippen LogP contribution in [0.25, 0.3) is 0 Å². The summed E-state index contributed by atoms with van der Waals surface area (Å²) in [5.41, 5.74) is 0.420. The summed E-state index contributed by atoms with van der Waals surface area (Å²) >= 11 is 0. The van der Waals surface area contributed by atoms with E-state index in [4.69, 9.17) is 5.11 Å². The molecule has 5 heteroatoms. The van der Waals surface area contributed by atoms with Gasteiger partial charge in [-0.2, -0.15) is 0 Å². The minimum absolute atomic E-state index is 0.0589. The fourth-order valence-electron chi connectivity index (χ4n) is 2.30. The fraction of sp³-hybridized carbons (Fsp3) is 0.429. The second-order valence-electron chi connectivity index (χ2n) is 5.16. The van der Waals surface area contributed by atoms with E-state index in [1.807, 2.05) is 0 Å². The zero-order valence-corrected chi connectivity index (χ0v) is 10.8. The monoisotopic (exact) mass is 263 g/mol. The predicted molar refractivity (Wildman–Crippen MR) is 69.1 cm³/mol. The summed E-state index contributed by atoms with van der Waals surface area (Å²) in [5.74, 6) is -1.18. The van der Waals surface area contributed by atoms with E-state index in [1.54, 1.807) is 19.1 Å². The van der Waals surface area contributed by atoms with E-state index in [0.29, 0.717) is 24.0 Å². The van der Waals surface area contributed by atoms with Gasteiger partial charge in [-0.15, -0.1) is 0 Å². The number of phenolic OH excluding ortho intramolecular Hbond substituents is 1. The predicted octanol–water partition coefficient (Wildman–Crippen LogP) is 1.83. The maximum Gasteiger partial charge on any atom is 0.305 e. The minimum atomic E-state index is -0.910. The summed E-state index contributed by atoms with van der Waals surface area (Å²) in [6.45, 7) is 1.74. The van der Waals surface area contributed by atoms with Gasteiger partial charge in [0.25, 0.3) is 5.91 Å². The van der Waals surface area contributed by atoms with Gasteiger partial charge < -0.3 is 15.5 Å². The van der Waals surface area contributed by atoms with Crippen LogP contribution >= 0.6 is 0 Å². The van der Waals surface area contributed by atoms with Crippen LogP contribution in [0.15, 0.2) is 18.2 Å². The van der Waals surface area contributed by atoms with E-state index >= 15 is 0 Å². The van der Waals surface area contributed by atoms with Crippen LogP contribution in [0.1, 0.15) is 41.6 Å². The third-order valence-corrected chi connectivity index (χ3v) is 3.65. The molecule has 1 aliphatic rings. The topological polar surface area (TPSA) is 86.6 Å². The number of benzene rings is 1. The van der Waals surface area contributed by atoms with Gasteiger partial charge in [0.2, 0.25) is 0 Å². The highest BCUT2D eigenvalue weighted by Crippen LogP contribution is 2.35. The molecule has 0 bridgehead atoms. The number of aryl methyl sites for hydroxylation is 1. The van der Waals surface area contributed by atoms with Crippen molar-refractivity contribution in [2.45, 2.75) is 38.1 Å². The number of hydrogen-bond donors (Lipinski definition) is 3. The molecule has 0 saturated heterocycles. The normalized spacial score (nSPS) is 16.5. The number of carboxylic acids is 1. The average molecular weight is 263 g/mol. The van der Waals surface area contributed by atoms with Crippen LogP contribution in [0.4, 0.5) is 0 Å². The second-order valence-corrected chi connectivity index (χ2v) is 5.16. The van der Waals surface area contributed by atoms with Crippen LogP contribution in [0.3, 0.4) is 0 Å². The molecule has 0 heterocycles. The highest BCUT2D eigenvalue weighted by atomic mass is 16.4. The summed E-state index contributed by atoms with van der Waals surface area (Å²) in [7, 11) is 0. The highest BCUT2D eigenvalue weighted by molar-refractivity contribution is 5.95. The molecule has 2 rings (SSSR count). The Morgan fingerprint density at radius 2 is 2.05 bits per heavy atom. The molecule has 1 aromatic carbocycles. The van der Waals surface area contributed by atoms with Gasteiger partial charge in [-0.3, -0.25) is 9.59 Å². The van der Waals surface area contributed by atoms with Crippen LogP contribution in [0.5, 0.6) is 5.75 Å². The molecule has 3 N–H and O–H groups in total. The zero-order valence-electron chi connectivity index (χ0n) is 10.8. The average Bonchev–Trinajstić information content (AvgIpc) is 2.29. The maximum absolute atomic E-state index is 12.1. The molecule has 0 unspecified atom stereocenters. The third kappa shape index (κ3) is 2.86. The molecule has 102 valence electrons. The first-order valence-corrected chi connectivity index (χ1v) is 6.26. The number of carbonyl (C=O) groups is 2. The number of aliphatic carboxylic acids is 1. The number of phenols is 1. The molecule has 5 nitrogen and oxygen atoms in total. The van der Waals surface area contributed by atoms with E-state index < -0.39 is 11.5 Å². The number of carboxylic acid groups (broad SMARTS) is 1. The lowest BCUT2D eigenvalue weighted by atomic mass is 9.74. The summed E-state index contributed by atoms with van der Waals surface area (Å²) in [6, 6.07) is 4.68. The first kappa shape index (κ1) is 13.4. The van der Waals surface area contributed by atoms with Gasteiger partial charge in [-0.05, 0) is 43.9 Å². The molecule has 0 atom stereocenters. The Kier molecular flexibility index (Phi) is 3.46. The van der Waals surface area contributed by atoms with Crippen molar-refractivity contribution >= 4 is 11.9 Å². The Hall–Kier alpha value is -2.04. The number of carbonyl (C=O) groups excluding carboxylic acids is 1. The van der Waals surface area contributed by atoms with E-state index in [1.165, 1.54) is 6.07 Å². The van der Waals surface area contributed by atoms with Gasteiger partial charge in [-0.25, -0.2) is 0 Å². The summed E-state index contributed by atoms with van der Waals surface area (Å²) < 4.78 is 0. The van der Waals surface area contributed by atoms with Crippen LogP contribution in [-0.2, 0) is 4.79 Å². The minimum Gasteiger partial charge on any atom is -0.508 e. The number of nitrogens with one attached hydrogen (secondary N) is 1. The quantitative estimate of drug-likeness (QED) is 0.773. The Balaban J connectivity index is 2.11. The lowest BCUT2D eigenvalue weighted by Crippen LogP contribution is -2.54. The molecular formula is C14H17NO4. The van der Waals surface area contributed by atoms with Gasteiger partial charge >= 0.3 is 5.97 Å². The van der Waals surface area contributed by atoms with Crippen molar-refractivity contribution in [2.24, 2.45) is 0 Å². The van der Waals surface area contributed by atoms with E-state index in [9.17, 15) is 14.7 Å². The van der Waals surface area contributed by atoms with Crippen molar-refractivity contribution in [3.8, 4) is 5.75 Å². The highest BCUT2D eigenvalue weighted by Gasteiger charge is 2.40. The van der Waals surface area contributed by atoms with Crippen LogP contribution in [0.2, 0.25) is 0 Å². The molecular weight excluding hydrogens is 246 g/mol. The SMILES string of the molecule is Cc1ccc(C(=O)NC2(CC(=O)O)CCC2)cc1O. The molecule has 0 aliphatic heterocycles. The molecule has 1 amide bonds. The molecule has 0 aromatic heterocycles. The smallest absolute Gasteiger partial charge is 0.305 e. The summed E-state index contributed by atoms with van der Waals surface area (Å²) in [6.07, 6.45) is 2.23. The Labute approximate surface area is 111 Å². The van der Waals surface area contributed by atoms with Crippen LogP contribution in [-0.4, -0.2) is 27.6 Å².